The number of hydrogen-bond donors (Lipinski definition) is 2. The second kappa shape index (κ2) is 7.00. The molecule has 0 unspecified atom stereocenters. The van der Waals surface area contributed by atoms with Gasteiger partial charge < -0.3 is 10.2 Å². The fourth-order valence-corrected chi connectivity index (χ4v) is 2.77. The predicted octanol–water partition coefficient (Wildman–Crippen LogP) is 1.84. The van der Waals surface area contributed by atoms with Crippen LogP contribution in [0.5, 0.6) is 0 Å². The molecule has 0 fully saturated rings. The van der Waals surface area contributed by atoms with Crippen LogP contribution in [0.15, 0.2) is 48.9 Å². The third-order valence-corrected chi connectivity index (χ3v) is 3.99. The van der Waals surface area contributed by atoms with Gasteiger partial charge in [0.15, 0.2) is 0 Å². The largest absolute Gasteiger partial charge is 0.363 e. The molecule has 0 aliphatic heterocycles. The van der Waals surface area contributed by atoms with Crippen molar-refractivity contribution in [2.45, 2.75) is 0 Å². The van der Waals surface area contributed by atoms with Crippen molar-refractivity contribution in [3.63, 3.8) is 0 Å². The minimum Gasteiger partial charge on any atom is -0.363 e. The Morgan fingerprint density at radius 1 is 1.04 bits per heavy atom. The van der Waals surface area contributed by atoms with Crippen LogP contribution in [0.4, 0.5) is 23.1 Å². The molecule has 3 rings (SSSR count). The topological polar surface area (TPSA) is 105 Å². The third kappa shape index (κ3) is 4.48. The highest BCUT2D eigenvalue weighted by atomic mass is 32.2. The highest BCUT2D eigenvalue weighted by Gasteiger charge is 2.06. The molecule has 2 N–H and O–H groups in total. The Bertz CT molecular complexity index is 997. The van der Waals surface area contributed by atoms with E-state index in [0.717, 1.165) is 23.4 Å². The van der Waals surface area contributed by atoms with Crippen LogP contribution in [0.1, 0.15) is 0 Å². The molecular formula is C16H19N7O2S. The average Bonchev–Trinajstić information content (AvgIpc) is 3.04. The molecule has 1 aromatic carbocycles. The monoisotopic (exact) mass is 373 g/mol. The van der Waals surface area contributed by atoms with Crippen LogP contribution < -0.4 is 14.9 Å². The molecule has 0 aliphatic carbocycles. The maximum absolute atomic E-state index is 11.2. The summed E-state index contributed by atoms with van der Waals surface area (Å²) in [5.74, 6) is 1.25. The summed E-state index contributed by atoms with van der Waals surface area (Å²) in [5.41, 5.74) is 2.08. The van der Waals surface area contributed by atoms with Crippen molar-refractivity contribution in [1.82, 2.24) is 19.7 Å². The Labute approximate surface area is 151 Å². The Morgan fingerprint density at radius 3 is 2.38 bits per heavy atom. The molecule has 9 nitrogen and oxygen atoms in total. The van der Waals surface area contributed by atoms with Gasteiger partial charge in [0.2, 0.25) is 16.0 Å². The van der Waals surface area contributed by atoms with Crippen molar-refractivity contribution in [2.75, 3.05) is 35.3 Å². The Morgan fingerprint density at radius 2 is 1.73 bits per heavy atom. The molecule has 0 saturated heterocycles. The first-order valence-corrected chi connectivity index (χ1v) is 9.59. The maximum atomic E-state index is 11.2. The van der Waals surface area contributed by atoms with Crippen molar-refractivity contribution >= 4 is 33.2 Å². The Balaban J connectivity index is 1.73. The van der Waals surface area contributed by atoms with Crippen LogP contribution in [0.25, 0.3) is 5.69 Å². The normalized spacial score (nSPS) is 11.2. The highest BCUT2D eigenvalue weighted by molar-refractivity contribution is 7.92. The van der Waals surface area contributed by atoms with Crippen molar-refractivity contribution < 1.29 is 8.42 Å². The summed E-state index contributed by atoms with van der Waals surface area (Å²) in [7, 11) is 0.546. The Kier molecular flexibility index (Phi) is 4.76. The molecule has 0 aliphatic rings. The zero-order chi connectivity index (χ0) is 18.7. The summed E-state index contributed by atoms with van der Waals surface area (Å²) < 4.78 is 26.5. The zero-order valence-electron chi connectivity index (χ0n) is 14.6. The first-order chi connectivity index (χ1) is 12.3. The molecule has 0 amide bonds. The van der Waals surface area contributed by atoms with Gasteiger partial charge in [0.05, 0.1) is 11.9 Å². The van der Waals surface area contributed by atoms with Gasteiger partial charge in [-0.05, 0) is 30.3 Å². The van der Waals surface area contributed by atoms with Gasteiger partial charge in [0.25, 0.3) is 0 Å². The molecule has 0 saturated carbocycles. The average molecular weight is 373 g/mol. The SMILES string of the molecule is CN(C)c1cc(-n2cnc(Nc3ccc(NS(C)(=O)=O)cc3)n2)ccn1. The molecule has 3 aromatic rings. The summed E-state index contributed by atoms with van der Waals surface area (Å²) >= 11 is 0. The van der Waals surface area contributed by atoms with Crippen molar-refractivity contribution in [2.24, 2.45) is 0 Å². The van der Waals surface area contributed by atoms with Crippen LogP contribution in [0, 0.1) is 0 Å². The molecule has 0 spiro atoms. The fourth-order valence-electron chi connectivity index (χ4n) is 2.20. The van der Waals surface area contributed by atoms with Gasteiger partial charge in [-0.25, -0.2) is 18.1 Å². The van der Waals surface area contributed by atoms with Crippen LogP contribution in [-0.4, -0.2) is 48.5 Å². The number of nitrogens with one attached hydrogen (secondary N) is 2. The van der Waals surface area contributed by atoms with Crippen molar-refractivity contribution in [3.8, 4) is 5.69 Å². The van der Waals surface area contributed by atoms with Crippen LogP contribution in [0.2, 0.25) is 0 Å². The molecule has 0 radical (unpaired) electrons. The number of benzene rings is 1. The molecule has 136 valence electrons. The van der Waals surface area contributed by atoms with Crippen LogP contribution in [0.3, 0.4) is 0 Å². The van der Waals surface area contributed by atoms with E-state index in [0.29, 0.717) is 11.6 Å². The van der Waals surface area contributed by atoms with E-state index >= 15 is 0 Å². The molecule has 10 heteroatoms. The van der Waals surface area contributed by atoms with E-state index in [1.807, 2.05) is 31.1 Å². The zero-order valence-corrected chi connectivity index (χ0v) is 15.4. The van der Waals surface area contributed by atoms with E-state index in [-0.39, 0.29) is 0 Å². The fraction of sp³-hybridized carbons (Fsp3) is 0.188. The molecule has 2 aromatic heterocycles. The lowest BCUT2D eigenvalue weighted by molar-refractivity contribution is 0.607. The standard InChI is InChI=1S/C16H19N7O2S/c1-22(2)15-10-14(8-9-17-15)23-11-18-16(20-23)19-12-4-6-13(7-5-12)21-26(3,24)25/h4-11,21H,1-3H3,(H,19,20). The summed E-state index contributed by atoms with van der Waals surface area (Å²) in [4.78, 5) is 10.4. The van der Waals surface area contributed by atoms with Gasteiger partial charge in [-0.2, -0.15) is 4.98 Å². The lowest BCUT2D eigenvalue weighted by Crippen LogP contribution is -2.11. The number of pyridine rings is 1. The molecule has 0 bridgehead atoms. The van der Waals surface area contributed by atoms with E-state index in [4.69, 9.17) is 0 Å². The lowest BCUT2D eigenvalue weighted by atomic mass is 10.3. The minimum absolute atomic E-state index is 0.428. The quantitative estimate of drug-likeness (QED) is 0.679. The third-order valence-electron chi connectivity index (χ3n) is 3.39. The highest BCUT2D eigenvalue weighted by Crippen LogP contribution is 2.18. The van der Waals surface area contributed by atoms with Gasteiger partial charge in [-0.15, -0.1) is 5.10 Å². The number of aromatic nitrogens is 4. The van der Waals surface area contributed by atoms with E-state index in [9.17, 15) is 8.42 Å². The van der Waals surface area contributed by atoms with E-state index in [2.05, 4.69) is 25.1 Å². The van der Waals surface area contributed by atoms with E-state index in [1.54, 1.807) is 41.5 Å². The van der Waals surface area contributed by atoms with E-state index in [1.165, 1.54) is 0 Å². The van der Waals surface area contributed by atoms with Gasteiger partial charge in [-0.3, -0.25) is 4.72 Å². The molecule has 0 atom stereocenters. The van der Waals surface area contributed by atoms with Gasteiger partial charge in [0, 0.05) is 37.7 Å². The number of hydrogen-bond acceptors (Lipinski definition) is 7. The van der Waals surface area contributed by atoms with Crippen LogP contribution in [-0.2, 0) is 10.0 Å². The first kappa shape index (κ1) is 17.7. The minimum atomic E-state index is -3.29. The summed E-state index contributed by atoms with van der Waals surface area (Å²) in [5, 5.41) is 7.47. The number of sulfonamides is 1. The molecule has 2 heterocycles. The maximum Gasteiger partial charge on any atom is 0.246 e. The molecular weight excluding hydrogens is 354 g/mol. The molecule has 26 heavy (non-hydrogen) atoms. The van der Waals surface area contributed by atoms with E-state index < -0.39 is 10.0 Å². The summed E-state index contributed by atoms with van der Waals surface area (Å²) in [6, 6.07) is 10.6. The Hall–Kier alpha value is -3.14. The van der Waals surface area contributed by atoms with Gasteiger partial charge in [0.1, 0.15) is 12.1 Å². The first-order valence-electron chi connectivity index (χ1n) is 7.70. The van der Waals surface area contributed by atoms with Gasteiger partial charge in [-0.1, -0.05) is 0 Å². The second-order valence-electron chi connectivity index (χ2n) is 5.86. The van der Waals surface area contributed by atoms with Gasteiger partial charge >= 0.3 is 0 Å². The van der Waals surface area contributed by atoms with Crippen molar-refractivity contribution in [1.29, 1.82) is 0 Å². The number of rotatable bonds is 6. The predicted molar refractivity (Wildman–Crippen MR) is 102 cm³/mol. The second-order valence-corrected chi connectivity index (χ2v) is 7.60. The summed E-state index contributed by atoms with van der Waals surface area (Å²) in [6.07, 6.45) is 4.43. The van der Waals surface area contributed by atoms with Crippen molar-refractivity contribution in [3.05, 3.63) is 48.9 Å². The van der Waals surface area contributed by atoms with Crippen LogP contribution >= 0.6 is 0 Å². The lowest BCUT2D eigenvalue weighted by Gasteiger charge is -2.11. The smallest absolute Gasteiger partial charge is 0.246 e. The number of anilines is 4. The number of nitrogens with zero attached hydrogens (tertiary/aromatic N) is 5. The summed E-state index contributed by atoms with van der Waals surface area (Å²) in [6.45, 7) is 0.